The van der Waals surface area contributed by atoms with Gasteiger partial charge in [0.15, 0.2) is 6.61 Å². The fraction of sp³-hybridized carbons (Fsp3) is 0.364. The summed E-state index contributed by atoms with van der Waals surface area (Å²) in [5.74, 6) is -5.06. The summed E-state index contributed by atoms with van der Waals surface area (Å²) in [5, 5.41) is 3.89. The number of ether oxygens (including phenoxy) is 1. The molecule has 2 N–H and O–H groups in total. The van der Waals surface area contributed by atoms with Crippen molar-refractivity contribution in [2.45, 2.75) is 12.1 Å². The Bertz CT molecular complexity index is 518. The molecule has 0 spiro atoms. The van der Waals surface area contributed by atoms with E-state index in [1.54, 1.807) is 0 Å². The highest BCUT2D eigenvalue weighted by Gasteiger charge is 2.58. The molecule has 0 bridgehead atoms. The predicted octanol–water partition coefficient (Wildman–Crippen LogP) is 2.25. The number of nitrogens with zero attached hydrogens (tertiary/aromatic N) is 1. The van der Waals surface area contributed by atoms with Crippen molar-refractivity contribution in [2.24, 2.45) is 0 Å². The quantitative estimate of drug-likeness (QED) is 0.839. The Kier molecular flexibility index (Phi) is 3.79. The normalized spacial score (nSPS) is 15.7. The minimum absolute atomic E-state index is 0.138. The van der Waals surface area contributed by atoms with Gasteiger partial charge in [-0.2, -0.15) is 22.0 Å². The van der Waals surface area contributed by atoms with E-state index in [1.807, 2.05) is 0 Å². The topological polar surface area (TPSA) is 53.6 Å². The van der Waals surface area contributed by atoms with E-state index in [1.165, 1.54) is 29.3 Å². The number of hydrazine groups is 1. The minimum atomic E-state index is -5.65. The Hall–Kier alpha value is -2.26. The molecule has 0 saturated carbocycles. The monoisotopic (exact) mass is 311 g/mol. The standard InChI is InChI=1S/C11H10F5N3O2/c12-10(13,11(14,15)16)5-21-8-3-1-7(2-4-8)19-6-17-9(20)18-19/h1-4H,5-6H2,(H2,17,18,20). The molecule has 1 heterocycles. The van der Waals surface area contributed by atoms with Gasteiger partial charge in [0.2, 0.25) is 0 Å². The highest BCUT2D eigenvalue weighted by Crippen LogP contribution is 2.35. The van der Waals surface area contributed by atoms with Gasteiger partial charge in [-0.3, -0.25) is 5.01 Å². The maximum absolute atomic E-state index is 12.7. The zero-order chi connectivity index (χ0) is 15.7. The van der Waals surface area contributed by atoms with E-state index < -0.39 is 24.7 Å². The van der Waals surface area contributed by atoms with Crippen LogP contribution in [0.3, 0.4) is 0 Å². The van der Waals surface area contributed by atoms with Crippen molar-refractivity contribution in [2.75, 3.05) is 18.3 Å². The summed E-state index contributed by atoms with van der Waals surface area (Å²) < 4.78 is 65.7. The number of hydrogen-bond acceptors (Lipinski definition) is 3. The Morgan fingerprint density at radius 3 is 2.24 bits per heavy atom. The molecule has 5 nitrogen and oxygen atoms in total. The fourth-order valence-electron chi connectivity index (χ4n) is 1.49. The molecule has 0 aliphatic carbocycles. The molecule has 10 heteroatoms. The van der Waals surface area contributed by atoms with Gasteiger partial charge in [0.05, 0.1) is 5.69 Å². The highest BCUT2D eigenvalue weighted by molar-refractivity contribution is 5.79. The second-order valence-electron chi connectivity index (χ2n) is 4.19. The molecule has 1 saturated heterocycles. The van der Waals surface area contributed by atoms with Crippen LogP contribution in [0.5, 0.6) is 5.75 Å². The van der Waals surface area contributed by atoms with Crippen molar-refractivity contribution in [1.29, 1.82) is 0 Å². The van der Waals surface area contributed by atoms with Crippen molar-refractivity contribution in [3.05, 3.63) is 24.3 Å². The third-order valence-electron chi connectivity index (χ3n) is 2.62. The lowest BCUT2D eigenvalue weighted by Gasteiger charge is -2.20. The number of urea groups is 1. The van der Waals surface area contributed by atoms with E-state index >= 15 is 0 Å². The summed E-state index contributed by atoms with van der Waals surface area (Å²) in [5.41, 5.74) is 2.96. The Morgan fingerprint density at radius 1 is 1.14 bits per heavy atom. The average molecular weight is 311 g/mol. The molecule has 1 aromatic rings. The Morgan fingerprint density at radius 2 is 1.76 bits per heavy atom. The molecule has 0 atom stereocenters. The summed E-state index contributed by atoms with van der Waals surface area (Å²) in [6, 6.07) is 4.88. The van der Waals surface area contributed by atoms with Crippen molar-refractivity contribution in [1.82, 2.24) is 10.7 Å². The molecule has 2 rings (SSSR count). The van der Waals surface area contributed by atoms with Crippen LogP contribution < -0.4 is 20.5 Å². The molecule has 1 aromatic carbocycles. The van der Waals surface area contributed by atoms with Gasteiger partial charge in [-0.05, 0) is 24.3 Å². The predicted molar refractivity (Wildman–Crippen MR) is 62.0 cm³/mol. The van der Waals surface area contributed by atoms with Gasteiger partial charge in [-0.25, -0.2) is 10.2 Å². The molecule has 0 unspecified atom stereocenters. The molecule has 0 aromatic heterocycles. The molecule has 1 aliphatic heterocycles. The molecule has 116 valence electrons. The number of amides is 2. The van der Waals surface area contributed by atoms with Crippen molar-refractivity contribution in [3.63, 3.8) is 0 Å². The van der Waals surface area contributed by atoms with Crippen LogP contribution in [-0.2, 0) is 0 Å². The van der Waals surface area contributed by atoms with E-state index in [2.05, 4.69) is 15.5 Å². The van der Waals surface area contributed by atoms with Gasteiger partial charge in [0.1, 0.15) is 12.4 Å². The molecule has 2 amide bonds. The number of carbonyl (C=O) groups excluding carboxylic acids is 1. The second-order valence-corrected chi connectivity index (χ2v) is 4.19. The highest BCUT2D eigenvalue weighted by atomic mass is 19.4. The lowest BCUT2D eigenvalue weighted by atomic mass is 10.3. The van der Waals surface area contributed by atoms with Crippen LogP contribution in [0.15, 0.2) is 24.3 Å². The van der Waals surface area contributed by atoms with Crippen molar-refractivity contribution >= 4 is 11.7 Å². The Balaban J connectivity index is 1.95. The van der Waals surface area contributed by atoms with E-state index in [0.29, 0.717) is 5.69 Å². The number of halogens is 5. The van der Waals surface area contributed by atoms with Gasteiger partial charge < -0.3 is 10.1 Å². The molecule has 0 radical (unpaired) electrons. The SMILES string of the molecule is O=C1NCN(c2ccc(OCC(F)(F)C(F)(F)F)cc2)N1. The largest absolute Gasteiger partial charge is 0.487 e. The summed E-state index contributed by atoms with van der Waals surface area (Å²) >= 11 is 0. The van der Waals surface area contributed by atoms with Crippen LogP contribution in [0.4, 0.5) is 32.4 Å². The number of rotatable bonds is 4. The van der Waals surface area contributed by atoms with Gasteiger partial charge in [0, 0.05) is 0 Å². The van der Waals surface area contributed by atoms with E-state index in [-0.39, 0.29) is 12.4 Å². The van der Waals surface area contributed by atoms with Gasteiger partial charge >= 0.3 is 18.1 Å². The maximum Gasteiger partial charge on any atom is 0.456 e. The first kappa shape index (κ1) is 15.1. The van der Waals surface area contributed by atoms with Crippen LogP contribution in [0.25, 0.3) is 0 Å². The number of nitrogens with one attached hydrogen (secondary N) is 2. The molecule has 21 heavy (non-hydrogen) atoms. The molecular weight excluding hydrogens is 301 g/mol. The molecular formula is C11H10F5N3O2. The lowest BCUT2D eigenvalue weighted by molar-refractivity contribution is -0.290. The third-order valence-corrected chi connectivity index (χ3v) is 2.62. The second kappa shape index (κ2) is 5.26. The summed E-state index contributed by atoms with van der Waals surface area (Å²) in [6.45, 7) is -1.59. The van der Waals surface area contributed by atoms with E-state index in [0.717, 1.165) is 0 Å². The number of alkyl halides is 5. The van der Waals surface area contributed by atoms with Crippen molar-refractivity contribution < 1.29 is 31.5 Å². The van der Waals surface area contributed by atoms with Gasteiger partial charge in [-0.1, -0.05) is 0 Å². The van der Waals surface area contributed by atoms with Crippen LogP contribution in [0, 0.1) is 0 Å². The number of anilines is 1. The van der Waals surface area contributed by atoms with Gasteiger partial charge in [0.25, 0.3) is 0 Å². The Labute approximate surface area is 115 Å². The van der Waals surface area contributed by atoms with Crippen LogP contribution in [-0.4, -0.2) is 31.4 Å². The number of benzene rings is 1. The zero-order valence-electron chi connectivity index (χ0n) is 10.4. The summed E-state index contributed by atoms with van der Waals surface area (Å²) in [7, 11) is 0. The first-order valence-electron chi connectivity index (χ1n) is 5.68. The fourth-order valence-corrected chi connectivity index (χ4v) is 1.49. The first-order valence-corrected chi connectivity index (χ1v) is 5.68. The minimum Gasteiger partial charge on any atom is -0.487 e. The van der Waals surface area contributed by atoms with Crippen molar-refractivity contribution in [3.8, 4) is 5.75 Å². The number of hydrogen-bond donors (Lipinski definition) is 2. The maximum atomic E-state index is 12.7. The average Bonchev–Trinajstić information content (AvgIpc) is 2.82. The number of carbonyl (C=O) groups is 1. The third kappa shape index (κ3) is 3.44. The van der Waals surface area contributed by atoms with Crippen LogP contribution in [0.2, 0.25) is 0 Å². The molecule has 1 fully saturated rings. The molecule has 1 aliphatic rings. The van der Waals surface area contributed by atoms with E-state index in [4.69, 9.17) is 0 Å². The van der Waals surface area contributed by atoms with Gasteiger partial charge in [-0.15, -0.1) is 0 Å². The summed E-state index contributed by atoms with van der Waals surface area (Å²) in [4.78, 5) is 10.9. The smallest absolute Gasteiger partial charge is 0.456 e. The van der Waals surface area contributed by atoms with E-state index in [9.17, 15) is 26.7 Å². The lowest BCUT2D eigenvalue weighted by Crippen LogP contribution is -2.41. The van der Waals surface area contributed by atoms with Crippen LogP contribution >= 0.6 is 0 Å². The van der Waals surface area contributed by atoms with Crippen LogP contribution in [0.1, 0.15) is 0 Å². The first-order chi connectivity index (χ1) is 9.69. The summed E-state index contributed by atoms with van der Waals surface area (Å²) in [6.07, 6.45) is -5.65. The zero-order valence-corrected chi connectivity index (χ0v) is 10.4.